The number of piperidine rings is 1. The largest absolute Gasteiger partial charge is 0.573 e. The van der Waals surface area contributed by atoms with E-state index in [1.807, 2.05) is 12.1 Å². The van der Waals surface area contributed by atoms with E-state index in [-0.39, 0.29) is 41.1 Å². The van der Waals surface area contributed by atoms with Gasteiger partial charge in [-0.2, -0.15) is 4.37 Å². The van der Waals surface area contributed by atoms with Gasteiger partial charge in [0.25, 0.3) is 0 Å². The molecule has 44 heavy (non-hydrogen) atoms. The molecular weight excluding hydrogens is 595 g/mol. The van der Waals surface area contributed by atoms with Crippen LogP contribution in [0.5, 0.6) is 5.75 Å². The van der Waals surface area contributed by atoms with Crippen LogP contribution in [0.2, 0.25) is 0 Å². The van der Waals surface area contributed by atoms with Gasteiger partial charge in [0, 0.05) is 40.2 Å². The summed E-state index contributed by atoms with van der Waals surface area (Å²) in [6.07, 6.45) is 3.52. The van der Waals surface area contributed by atoms with Gasteiger partial charge < -0.3 is 24.0 Å². The second-order valence-electron chi connectivity index (χ2n) is 12.8. The van der Waals surface area contributed by atoms with Gasteiger partial charge in [0.05, 0.1) is 17.4 Å². The molecule has 8 nitrogen and oxygen atoms in total. The van der Waals surface area contributed by atoms with Crippen LogP contribution >= 0.6 is 11.5 Å². The van der Waals surface area contributed by atoms with Crippen LogP contribution in [0.15, 0.2) is 47.0 Å². The van der Waals surface area contributed by atoms with Gasteiger partial charge in [0.1, 0.15) is 17.2 Å². The molecule has 2 saturated carbocycles. The molecule has 4 heterocycles. The van der Waals surface area contributed by atoms with Gasteiger partial charge in [-0.05, 0) is 98.6 Å². The van der Waals surface area contributed by atoms with Crippen LogP contribution < -0.4 is 9.64 Å². The summed E-state index contributed by atoms with van der Waals surface area (Å²) in [5, 5.41) is 14.3. The minimum absolute atomic E-state index is 0.0698. The molecule has 8 rings (SSSR count). The number of aromatic carboxylic acids is 1. The highest BCUT2D eigenvalue weighted by molar-refractivity contribution is 7.13. The van der Waals surface area contributed by atoms with Crippen LogP contribution in [0.25, 0.3) is 21.3 Å². The van der Waals surface area contributed by atoms with Crippen molar-refractivity contribution in [1.29, 1.82) is 0 Å². The monoisotopic (exact) mass is 625 g/mol. The van der Waals surface area contributed by atoms with Crippen molar-refractivity contribution in [1.82, 2.24) is 9.53 Å². The highest BCUT2D eigenvalue weighted by Gasteiger charge is 2.54. The molecule has 2 aromatic heterocycles. The first-order valence-electron chi connectivity index (χ1n) is 15.0. The number of carboxylic acid groups (broad SMARTS) is 1. The van der Waals surface area contributed by atoms with Crippen molar-refractivity contribution in [2.75, 3.05) is 4.90 Å². The molecule has 1 spiro atoms. The van der Waals surface area contributed by atoms with Crippen molar-refractivity contribution >= 4 is 33.3 Å². The van der Waals surface area contributed by atoms with Gasteiger partial charge in [-0.1, -0.05) is 17.3 Å². The third-order valence-electron chi connectivity index (χ3n) is 9.83. The normalized spacial score (nSPS) is 26.3. The maximum atomic E-state index is 13.1. The number of ether oxygens (including phenoxy) is 2. The van der Waals surface area contributed by atoms with Crippen molar-refractivity contribution in [2.24, 2.45) is 5.41 Å². The molecule has 2 saturated heterocycles. The summed E-state index contributed by atoms with van der Waals surface area (Å²) in [7, 11) is 0. The molecule has 2 aromatic carbocycles. The number of nitrogens with zero attached hydrogens (tertiary/aromatic N) is 3. The number of anilines is 1. The van der Waals surface area contributed by atoms with E-state index in [9.17, 15) is 23.1 Å². The molecule has 1 N–H and O–H groups in total. The van der Waals surface area contributed by atoms with E-state index in [1.165, 1.54) is 23.7 Å². The van der Waals surface area contributed by atoms with Gasteiger partial charge in [-0.15, -0.1) is 13.2 Å². The zero-order valence-corrected chi connectivity index (χ0v) is 24.5. The summed E-state index contributed by atoms with van der Waals surface area (Å²) in [5.41, 5.74) is 2.77. The Morgan fingerprint density at radius 3 is 2.52 bits per heavy atom. The number of carboxylic acids is 1. The molecule has 0 unspecified atom stereocenters. The molecule has 4 fully saturated rings. The fraction of sp³-hybridized carbons (Fsp3) is 0.469. The molecular formula is C32H30F3N3O5S. The molecule has 2 atom stereocenters. The topological polar surface area (TPSA) is 97.9 Å². The highest BCUT2D eigenvalue weighted by Crippen LogP contribution is 2.58. The second-order valence-corrected chi connectivity index (χ2v) is 13.6. The van der Waals surface area contributed by atoms with Gasteiger partial charge in [-0.3, -0.25) is 0 Å². The van der Waals surface area contributed by atoms with E-state index < -0.39 is 12.3 Å². The minimum Gasteiger partial charge on any atom is -0.476 e. The van der Waals surface area contributed by atoms with Crippen LogP contribution in [0.4, 0.5) is 18.9 Å². The third-order valence-corrected chi connectivity index (χ3v) is 10.6. The minimum atomic E-state index is -4.82. The lowest BCUT2D eigenvalue weighted by molar-refractivity contribution is -0.274. The Labute approximate surface area is 254 Å². The number of fused-ring (bicyclic) bond motifs is 3. The summed E-state index contributed by atoms with van der Waals surface area (Å²) in [4.78, 5) is 14.0. The number of hydrogen-bond donors (Lipinski definition) is 1. The fourth-order valence-corrected chi connectivity index (χ4v) is 8.68. The number of benzene rings is 2. The lowest BCUT2D eigenvalue weighted by Gasteiger charge is -2.55. The number of aromatic nitrogens is 2. The van der Waals surface area contributed by atoms with Crippen molar-refractivity contribution in [3.8, 4) is 17.0 Å². The molecule has 2 aliphatic heterocycles. The summed E-state index contributed by atoms with van der Waals surface area (Å²) in [6, 6.07) is 12.9. The molecule has 12 heteroatoms. The van der Waals surface area contributed by atoms with Crippen molar-refractivity contribution < 1.29 is 37.1 Å². The van der Waals surface area contributed by atoms with Crippen molar-refractivity contribution in [2.45, 2.75) is 88.4 Å². The predicted molar refractivity (Wildman–Crippen MR) is 156 cm³/mol. The maximum Gasteiger partial charge on any atom is 0.573 e. The Balaban J connectivity index is 0.953. The van der Waals surface area contributed by atoms with Crippen LogP contribution in [-0.2, 0) is 11.3 Å². The SMILES string of the molecule is O=C(O)c1nsc2cc(N3[C@@H]4CC[C@H]3CC3(CC(OCc5c(-c6ccccc6OC(F)(F)F)noc5C5CC5)C3)C4)ccc12. The van der Waals surface area contributed by atoms with Gasteiger partial charge in [-0.25, -0.2) is 4.79 Å². The third kappa shape index (κ3) is 4.92. The van der Waals surface area contributed by atoms with Gasteiger partial charge in [0.2, 0.25) is 0 Å². The van der Waals surface area contributed by atoms with Gasteiger partial charge in [0.15, 0.2) is 5.69 Å². The van der Waals surface area contributed by atoms with Crippen molar-refractivity contribution in [3.05, 3.63) is 59.5 Å². The quantitative estimate of drug-likeness (QED) is 0.211. The number of rotatable bonds is 8. The summed E-state index contributed by atoms with van der Waals surface area (Å²) in [5.74, 6) is -0.387. The highest BCUT2D eigenvalue weighted by atomic mass is 32.1. The molecule has 230 valence electrons. The van der Waals surface area contributed by atoms with E-state index in [0.29, 0.717) is 34.5 Å². The number of halogens is 3. The van der Waals surface area contributed by atoms with E-state index in [2.05, 4.69) is 25.2 Å². The summed E-state index contributed by atoms with van der Waals surface area (Å²) >= 11 is 1.23. The van der Waals surface area contributed by atoms with Crippen LogP contribution in [0.3, 0.4) is 0 Å². The first-order valence-corrected chi connectivity index (χ1v) is 15.8. The summed E-state index contributed by atoms with van der Waals surface area (Å²) < 4.78 is 60.8. The molecule has 2 bridgehead atoms. The molecule has 2 aliphatic carbocycles. The Morgan fingerprint density at radius 2 is 1.82 bits per heavy atom. The molecule has 0 radical (unpaired) electrons. The second kappa shape index (κ2) is 10.2. The molecule has 0 amide bonds. The van der Waals surface area contributed by atoms with Crippen LogP contribution in [0, 0.1) is 5.41 Å². The average Bonchev–Trinajstić information content (AvgIpc) is 3.47. The van der Waals surface area contributed by atoms with E-state index in [4.69, 9.17) is 9.26 Å². The van der Waals surface area contributed by atoms with Crippen LogP contribution in [0.1, 0.15) is 79.1 Å². The smallest absolute Gasteiger partial charge is 0.476 e. The molecule has 4 aromatic rings. The number of alkyl halides is 3. The maximum absolute atomic E-state index is 13.1. The predicted octanol–water partition coefficient (Wildman–Crippen LogP) is 7.92. The molecule has 4 aliphatic rings. The number of carbonyl (C=O) groups is 1. The Kier molecular flexibility index (Phi) is 6.46. The standard InChI is InChI=1S/C32H30F3N3O5S/c33-32(34,35)42-25-4-2-1-3-22(25)27-24(29(43-36-27)17-5-6-17)16-41-21-14-31(15-21)12-19-7-8-20(13-31)38(19)18-9-10-23-26(11-18)44-37-28(23)30(39)40/h1-4,9-11,17,19-21H,5-8,12-16H2,(H,39,40)/t19-,20+,21?,31?. The Morgan fingerprint density at radius 1 is 1.07 bits per heavy atom. The zero-order chi connectivity index (χ0) is 30.2. The Hall–Kier alpha value is -3.64. The van der Waals surface area contributed by atoms with Gasteiger partial charge >= 0.3 is 12.3 Å². The first kappa shape index (κ1) is 27.9. The van der Waals surface area contributed by atoms with E-state index >= 15 is 0 Å². The van der Waals surface area contributed by atoms with Crippen LogP contribution in [-0.4, -0.2) is 45.2 Å². The average molecular weight is 626 g/mol. The van der Waals surface area contributed by atoms with E-state index in [0.717, 1.165) is 61.8 Å². The lowest BCUT2D eigenvalue weighted by Crippen LogP contribution is -2.54. The fourth-order valence-electron chi connectivity index (χ4n) is 7.88. The number of para-hydroxylation sites is 1. The van der Waals surface area contributed by atoms with Crippen molar-refractivity contribution in [3.63, 3.8) is 0 Å². The lowest BCUT2D eigenvalue weighted by atomic mass is 9.59. The summed E-state index contributed by atoms with van der Waals surface area (Å²) in [6.45, 7) is 0.234. The van der Waals surface area contributed by atoms with E-state index in [1.54, 1.807) is 12.1 Å². The zero-order valence-electron chi connectivity index (χ0n) is 23.7. The first-order chi connectivity index (χ1) is 21.2. The number of hydrogen-bond acceptors (Lipinski definition) is 8. The Bertz CT molecular complexity index is 1730.